The molecular weight excluding hydrogens is 253 g/mol. The van der Waals surface area contributed by atoms with Gasteiger partial charge in [0, 0.05) is 6.04 Å². The standard InChI is InChI=1S/C13H16FNO2S/c14-11-3-1-2-4-12(11)18(16,17)15-13(9-5-6-9)10-7-8-10/h1-4,9-10,13,15H,5-8H2. The maximum Gasteiger partial charge on any atom is 0.243 e. The SMILES string of the molecule is O=S(=O)(NC(C1CC1)C1CC1)c1ccccc1F. The number of benzene rings is 1. The van der Waals surface area contributed by atoms with Gasteiger partial charge in [0.15, 0.2) is 0 Å². The molecule has 0 amide bonds. The third-order valence-corrected chi connectivity index (χ3v) is 5.17. The van der Waals surface area contributed by atoms with Crippen molar-refractivity contribution < 1.29 is 12.8 Å². The van der Waals surface area contributed by atoms with Crippen LogP contribution in [-0.4, -0.2) is 14.5 Å². The number of hydrogen-bond donors (Lipinski definition) is 1. The average Bonchev–Trinajstić information content (AvgIpc) is 3.17. The van der Waals surface area contributed by atoms with Crippen molar-refractivity contribution in [1.82, 2.24) is 4.72 Å². The maximum atomic E-state index is 13.5. The van der Waals surface area contributed by atoms with Gasteiger partial charge in [0.25, 0.3) is 0 Å². The highest BCUT2D eigenvalue weighted by molar-refractivity contribution is 7.89. The van der Waals surface area contributed by atoms with E-state index in [9.17, 15) is 12.8 Å². The number of nitrogens with one attached hydrogen (secondary N) is 1. The largest absolute Gasteiger partial charge is 0.243 e. The van der Waals surface area contributed by atoms with Crippen LogP contribution in [0.5, 0.6) is 0 Å². The molecule has 0 aromatic heterocycles. The Bertz CT molecular complexity index is 538. The number of rotatable bonds is 5. The molecule has 0 aliphatic heterocycles. The Morgan fingerprint density at radius 3 is 2.17 bits per heavy atom. The summed E-state index contributed by atoms with van der Waals surface area (Å²) in [5, 5.41) is 0. The molecule has 0 radical (unpaired) electrons. The summed E-state index contributed by atoms with van der Waals surface area (Å²) in [6, 6.07) is 5.54. The molecule has 1 N–H and O–H groups in total. The quantitative estimate of drug-likeness (QED) is 0.891. The molecule has 1 aromatic carbocycles. The lowest BCUT2D eigenvalue weighted by Crippen LogP contribution is -2.38. The molecule has 0 bridgehead atoms. The van der Waals surface area contributed by atoms with Gasteiger partial charge in [-0.15, -0.1) is 0 Å². The lowest BCUT2D eigenvalue weighted by Gasteiger charge is -2.17. The minimum atomic E-state index is -3.73. The van der Waals surface area contributed by atoms with Crippen LogP contribution < -0.4 is 4.72 Å². The van der Waals surface area contributed by atoms with Crippen molar-refractivity contribution in [2.75, 3.05) is 0 Å². The molecular formula is C13H16FNO2S. The molecule has 0 spiro atoms. The van der Waals surface area contributed by atoms with E-state index in [0.717, 1.165) is 25.7 Å². The highest BCUT2D eigenvalue weighted by Crippen LogP contribution is 2.45. The minimum Gasteiger partial charge on any atom is -0.207 e. The monoisotopic (exact) mass is 269 g/mol. The van der Waals surface area contributed by atoms with Gasteiger partial charge < -0.3 is 0 Å². The van der Waals surface area contributed by atoms with Crippen molar-refractivity contribution in [2.45, 2.75) is 36.6 Å². The molecule has 18 heavy (non-hydrogen) atoms. The summed E-state index contributed by atoms with van der Waals surface area (Å²) < 4.78 is 40.6. The molecule has 2 aliphatic carbocycles. The number of sulfonamides is 1. The molecule has 0 heterocycles. The van der Waals surface area contributed by atoms with E-state index in [1.807, 2.05) is 0 Å². The predicted molar refractivity (Wildman–Crippen MR) is 66.0 cm³/mol. The summed E-state index contributed by atoms with van der Waals surface area (Å²) in [5.74, 6) is 0.230. The third kappa shape index (κ3) is 2.42. The molecule has 1 aromatic rings. The van der Waals surface area contributed by atoms with Gasteiger partial charge in [-0.05, 0) is 49.7 Å². The fourth-order valence-corrected chi connectivity index (χ4v) is 3.85. The first kappa shape index (κ1) is 12.1. The van der Waals surface area contributed by atoms with Crippen LogP contribution in [0.15, 0.2) is 29.2 Å². The Hall–Kier alpha value is -0.940. The molecule has 98 valence electrons. The van der Waals surface area contributed by atoms with Gasteiger partial charge >= 0.3 is 0 Å². The van der Waals surface area contributed by atoms with Crippen LogP contribution in [0.4, 0.5) is 4.39 Å². The topological polar surface area (TPSA) is 46.2 Å². The number of hydrogen-bond acceptors (Lipinski definition) is 2. The van der Waals surface area contributed by atoms with E-state index in [2.05, 4.69) is 4.72 Å². The Kier molecular flexibility index (Phi) is 2.90. The van der Waals surface area contributed by atoms with Crippen LogP contribution in [0.2, 0.25) is 0 Å². The van der Waals surface area contributed by atoms with Crippen molar-refractivity contribution in [3.8, 4) is 0 Å². The zero-order chi connectivity index (χ0) is 12.8. The van der Waals surface area contributed by atoms with E-state index in [0.29, 0.717) is 11.8 Å². The summed E-state index contributed by atoms with van der Waals surface area (Å²) in [6.45, 7) is 0. The molecule has 0 atom stereocenters. The van der Waals surface area contributed by atoms with E-state index >= 15 is 0 Å². The van der Waals surface area contributed by atoms with Crippen LogP contribution in [0, 0.1) is 17.7 Å². The fraction of sp³-hybridized carbons (Fsp3) is 0.538. The van der Waals surface area contributed by atoms with Crippen molar-refractivity contribution in [3.63, 3.8) is 0 Å². The molecule has 2 saturated carbocycles. The van der Waals surface area contributed by atoms with E-state index in [-0.39, 0.29) is 10.9 Å². The first-order valence-electron chi connectivity index (χ1n) is 6.35. The van der Waals surface area contributed by atoms with Crippen molar-refractivity contribution in [2.24, 2.45) is 11.8 Å². The summed E-state index contributed by atoms with van der Waals surface area (Å²) in [7, 11) is -3.73. The van der Waals surface area contributed by atoms with Crippen LogP contribution >= 0.6 is 0 Å². The molecule has 0 saturated heterocycles. The summed E-state index contributed by atoms with van der Waals surface area (Å²) in [4.78, 5) is -0.240. The predicted octanol–water partition coefficient (Wildman–Crippen LogP) is 2.29. The van der Waals surface area contributed by atoms with Crippen LogP contribution in [-0.2, 0) is 10.0 Å². The van der Waals surface area contributed by atoms with Crippen molar-refractivity contribution in [1.29, 1.82) is 0 Å². The Morgan fingerprint density at radius 2 is 1.67 bits per heavy atom. The van der Waals surface area contributed by atoms with Gasteiger partial charge in [-0.2, -0.15) is 0 Å². The molecule has 5 heteroatoms. The molecule has 3 rings (SSSR count). The van der Waals surface area contributed by atoms with Gasteiger partial charge in [-0.25, -0.2) is 17.5 Å². The highest BCUT2D eigenvalue weighted by Gasteiger charge is 2.43. The molecule has 2 aliphatic rings. The van der Waals surface area contributed by atoms with Crippen molar-refractivity contribution in [3.05, 3.63) is 30.1 Å². The fourth-order valence-electron chi connectivity index (χ4n) is 2.39. The van der Waals surface area contributed by atoms with Gasteiger partial charge in [0.1, 0.15) is 10.7 Å². The van der Waals surface area contributed by atoms with E-state index in [4.69, 9.17) is 0 Å². The smallest absolute Gasteiger partial charge is 0.207 e. The molecule has 2 fully saturated rings. The maximum absolute atomic E-state index is 13.5. The van der Waals surface area contributed by atoms with E-state index < -0.39 is 15.8 Å². The van der Waals surface area contributed by atoms with Crippen molar-refractivity contribution >= 4 is 10.0 Å². The zero-order valence-electron chi connectivity index (χ0n) is 9.97. The minimum absolute atomic E-state index is 0.00889. The second-order valence-electron chi connectivity index (χ2n) is 5.25. The average molecular weight is 269 g/mol. The summed E-state index contributed by atoms with van der Waals surface area (Å²) in [6.07, 6.45) is 4.34. The molecule has 0 unspecified atom stereocenters. The Labute approximate surface area is 106 Å². The second kappa shape index (κ2) is 4.31. The number of halogens is 1. The second-order valence-corrected chi connectivity index (χ2v) is 6.93. The van der Waals surface area contributed by atoms with Gasteiger partial charge in [-0.3, -0.25) is 0 Å². The first-order chi connectivity index (χ1) is 8.58. The normalized spacial score (nSPS) is 20.3. The van der Waals surface area contributed by atoms with Gasteiger partial charge in [0.05, 0.1) is 0 Å². The van der Waals surface area contributed by atoms with E-state index in [1.165, 1.54) is 18.2 Å². The lowest BCUT2D eigenvalue weighted by atomic mass is 10.1. The summed E-state index contributed by atoms with van der Waals surface area (Å²) >= 11 is 0. The lowest BCUT2D eigenvalue weighted by molar-refractivity contribution is 0.468. The highest BCUT2D eigenvalue weighted by atomic mass is 32.2. The van der Waals surface area contributed by atoms with Crippen LogP contribution in [0.25, 0.3) is 0 Å². The van der Waals surface area contributed by atoms with Gasteiger partial charge in [-0.1, -0.05) is 12.1 Å². The molecule has 3 nitrogen and oxygen atoms in total. The van der Waals surface area contributed by atoms with Gasteiger partial charge in [0.2, 0.25) is 10.0 Å². The Balaban J connectivity index is 1.83. The Morgan fingerprint density at radius 1 is 1.11 bits per heavy atom. The zero-order valence-corrected chi connectivity index (χ0v) is 10.8. The van der Waals surface area contributed by atoms with Crippen LogP contribution in [0.1, 0.15) is 25.7 Å². The van der Waals surface area contributed by atoms with E-state index in [1.54, 1.807) is 6.07 Å². The first-order valence-corrected chi connectivity index (χ1v) is 7.83. The summed E-state index contributed by atoms with van der Waals surface area (Å²) in [5.41, 5.74) is 0. The third-order valence-electron chi connectivity index (χ3n) is 3.68. The van der Waals surface area contributed by atoms with Crippen LogP contribution in [0.3, 0.4) is 0 Å².